The first kappa shape index (κ1) is 20.2. The van der Waals surface area contributed by atoms with E-state index in [4.69, 9.17) is 4.74 Å². The Labute approximate surface area is 175 Å². The lowest BCUT2D eigenvalue weighted by Gasteiger charge is -2.47. The van der Waals surface area contributed by atoms with Gasteiger partial charge in [0.15, 0.2) is 0 Å². The van der Waals surface area contributed by atoms with Gasteiger partial charge in [0.25, 0.3) is 0 Å². The minimum atomic E-state index is 0.00351. The molecule has 4 heteroatoms. The van der Waals surface area contributed by atoms with Crippen molar-refractivity contribution in [1.82, 2.24) is 4.90 Å². The van der Waals surface area contributed by atoms with Crippen molar-refractivity contribution in [3.8, 4) is 5.75 Å². The van der Waals surface area contributed by atoms with Crippen LogP contribution < -0.4 is 9.64 Å². The van der Waals surface area contributed by atoms with E-state index in [0.717, 1.165) is 38.2 Å². The highest BCUT2D eigenvalue weighted by molar-refractivity contribution is 5.51. The summed E-state index contributed by atoms with van der Waals surface area (Å²) in [6.07, 6.45) is 5.65. The van der Waals surface area contributed by atoms with Crippen molar-refractivity contribution < 1.29 is 9.84 Å². The topological polar surface area (TPSA) is 35.9 Å². The summed E-state index contributed by atoms with van der Waals surface area (Å²) >= 11 is 0. The second kappa shape index (κ2) is 9.19. The number of benzene rings is 2. The maximum absolute atomic E-state index is 10.3. The Morgan fingerprint density at radius 1 is 1.03 bits per heavy atom. The van der Waals surface area contributed by atoms with E-state index >= 15 is 0 Å². The number of aliphatic hydroxyl groups is 1. The highest BCUT2D eigenvalue weighted by atomic mass is 16.5. The number of likely N-dealkylation sites (tertiary alicyclic amines) is 1. The molecule has 4 nitrogen and oxygen atoms in total. The third-order valence-electron chi connectivity index (χ3n) is 6.85. The average molecular weight is 395 g/mol. The summed E-state index contributed by atoms with van der Waals surface area (Å²) in [6.45, 7) is 4.63. The first-order chi connectivity index (χ1) is 14.2. The van der Waals surface area contributed by atoms with Crippen LogP contribution in [0.3, 0.4) is 0 Å². The fraction of sp³-hybridized carbons (Fsp3) is 0.520. The van der Waals surface area contributed by atoms with Gasteiger partial charge in [-0.3, -0.25) is 4.90 Å². The SMILES string of the molecule is COc1cccc(N2CCC(N3CCCC(CO)(Cc4ccccc4)C3)CC2)c1. The molecule has 156 valence electrons. The van der Waals surface area contributed by atoms with Crippen molar-refractivity contribution in [3.63, 3.8) is 0 Å². The second-order valence-corrected chi connectivity index (χ2v) is 8.81. The summed E-state index contributed by atoms with van der Waals surface area (Å²) in [7, 11) is 1.73. The molecule has 2 aliphatic heterocycles. The summed E-state index contributed by atoms with van der Waals surface area (Å²) < 4.78 is 5.39. The van der Waals surface area contributed by atoms with Crippen LogP contribution in [0.25, 0.3) is 0 Å². The van der Waals surface area contributed by atoms with Crippen LogP contribution in [0.4, 0.5) is 5.69 Å². The van der Waals surface area contributed by atoms with Gasteiger partial charge in [-0.2, -0.15) is 0 Å². The van der Waals surface area contributed by atoms with Crippen molar-refractivity contribution in [2.75, 3.05) is 44.8 Å². The molecule has 2 aromatic carbocycles. The summed E-state index contributed by atoms with van der Waals surface area (Å²) in [5, 5.41) is 10.3. The molecule has 2 heterocycles. The number of ether oxygens (including phenoxy) is 1. The predicted octanol–water partition coefficient (Wildman–Crippen LogP) is 3.98. The highest BCUT2D eigenvalue weighted by Gasteiger charge is 2.38. The zero-order chi connectivity index (χ0) is 20.1. The predicted molar refractivity (Wildman–Crippen MR) is 119 cm³/mol. The maximum atomic E-state index is 10.3. The fourth-order valence-corrected chi connectivity index (χ4v) is 5.21. The van der Waals surface area contributed by atoms with E-state index < -0.39 is 0 Å². The van der Waals surface area contributed by atoms with Gasteiger partial charge >= 0.3 is 0 Å². The zero-order valence-corrected chi connectivity index (χ0v) is 17.6. The van der Waals surface area contributed by atoms with Crippen LogP contribution in [0.15, 0.2) is 54.6 Å². The third-order valence-corrected chi connectivity index (χ3v) is 6.85. The van der Waals surface area contributed by atoms with Crippen LogP contribution in [-0.4, -0.2) is 55.9 Å². The lowest BCUT2D eigenvalue weighted by atomic mass is 9.75. The molecule has 2 aliphatic rings. The molecule has 0 aliphatic carbocycles. The van der Waals surface area contributed by atoms with Crippen LogP contribution in [0.5, 0.6) is 5.75 Å². The molecule has 0 saturated carbocycles. The number of hydrogen-bond donors (Lipinski definition) is 1. The van der Waals surface area contributed by atoms with E-state index in [1.54, 1.807) is 7.11 Å². The third kappa shape index (κ3) is 4.76. The van der Waals surface area contributed by atoms with E-state index in [2.05, 4.69) is 58.3 Å². The van der Waals surface area contributed by atoms with Crippen molar-refractivity contribution in [2.45, 2.75) is 38.1 Å². The number of piperidine rings is 2. The molecule has 0 amide bonds. The Kier molecular flexibility index (Phi) is 6.41. The van der Waals surface area contributed by atoms with Crippen molar-refractivity contribution in [2.24, 2.45) is 5.41 Å². The van der Waals surface area contributed by atoms with E-state index in [9.17, 15) is 5.11 Å². The van der Waals surface area contributed by atoms with Crippen LogP contribution in [-0.2, 0) is 6.42 Å². The normalized spacial score (nSPS) is 23.9. The summed E-state index contributed by atoms with van der Waals surface area (Å²) in [4.78, 5) is 5.15. The minimum absolute atomic E-state index is 0.00351. The van der Waals surface area contributed by atoms with E-state index in [-0.39, 0.29) is 12.0 Å². The van der Waals surface area contributed by atoms with Gasteiger partial charge in [0, 0.05) is 42.8 Å². The van der Waals surface area contributed by atoms with Crippen molar-refractivity contribution in [3.05, 3.63) is 60.2 Å². The van der Waals surface area contributed by atoms with Gasteiger partial charge in [0.05, 0.1) is 13.7 Å². The van der Waals surface area contributed by atoms with Gasteiger partial charge in [0.1, 0.15) is 5.75 Å². The first-order valence-electron chi connectivity index (χ1n) is 11.0. The molecule has 0 bridgehead atoms. The molecule has 4 rings (SSSR count). The Balaban J connectivity index is 1.37. The molecule has 2 aromatic rings. The van der Waals surface area contributed by atoms with Crippen molar-refractivity contribution >= 4 is 5.69 Å². The molecule has 2 fully saturated rings. The largest absolute Gasteiger partial charge is 0.497 e. The van der Waals surface area contributed by atoms with Crippen LogP contribution >= 0.6 is 0 Å². The highest BCUT2D eigenvalue weighted by Crippen LogP contribution is 2.36. The lowest BCUT2D eigenvalue weighted by molar-refractivity contribution is 0.00729. The van der Waals surface area contributed by atoms with Crippen LogP contribution in [0, 0.1) is 5.41 Å². The van der Waals surface area contributed by atoms with Gasteiger partial charge in [0.2, 0.25) is 0 Å². The molecule has 29 heavy (non-hydrogen) atoms. The molecule has 1 unspecified atom stereocenters. The average Bonchev–Trinajstić information content (AvgIpc) is 2.80. The molecule has 0 radical (unpaired) electrons. The lowest BCUT2D eigenvalue weighted by Crippen LogP contribution is -2.53. The minimum Gasteiger partial charge on any atom is -0.497 e. The molecular formula is C25H34N2O2. The van der Waals surface area contributed by atoms with Crippen molar-refractivity contribution in [1.29, 1.82) is 0 Å². The van der Waals surface area contributed by atoms with Gasteiger partial charge in [-0.25, -0.2) is 0 Å². The van der Waals surface area contributed by atoms with E-state index in [1.165, 1.54) is 37.1 Å². The number of hydrogen-bond acceptors (Lipinski definition) is 4. The number of rotatable bonds is 6. The summed E-state index contributed by atoms with van der Waals surface area (Å²) in [5.74, 6) is 0.925. The Hall–Kier alpha value is -2.04. The smallest absolute Gasteiger partial charge is 0.120 e. The van der Waals surface area contributed by atoms with Gasteiger partial charge in [-0.05, 0) is 56.3 Å². The molecule has 1 N–H and O–H groups in total. The van der Waals surface area contributed by atoms with E-state index in [1.807, 2.05) is 6.07 Å². The van der Waals surface area contributed by atoms with Gasteiger partial charge < -0.3 is 14.7 Å². The Morgan fingerprint density at radius 2 is 1.83 bits per heavy atom. The zero-order valence-electron chi connectivity index (χ0n) is 17.6. The molecule has 1 atom stereocenters. The summed E-state index contributed by atoms with van der Waals surface area (Å²) in [5.41, 5.74) is 2.61. The first-order valence-corrected chi connectivity index (χ1v) is 11.0. The van der Waals surface area contributed by atoms with Crippen LogP contribution in [0.2, 0.25) is 0 Å². The summed E-state index contributed by atoms with van der Waals surface area (Å²) in [6, 6.07) is 19.7. The second-order valence-electron chi connectivity index (χ2n) is 8.81. The number of nitrogens with zero attached hydrogens (tertiary/aromatic N) is 2. The standard InChI is InChI=1S/C25H34N2O2/c1-29-24-10-5-9-23(17-24)26-15-11-22(12-16-26)27-14-6-13-25(19-27,20-28)18-21-7-3-2-4-8-21/h2-5,7-10,17,22,28H,6,11-16,18-20H2,1H3. The monoisotopic (exact) mass is 394 g/mol. The number of methoxy groups -OCH3 is 1. The number of aliphatic hydroxyl groups excluding tert-OH is 1. The molecule has 0 aromatic heterocycles. The Morgan fingerprint density at radius 3 is 2.55 bits per heavy atom. The number of anilines is 1. The Bertz CT molecular complexity index is 773. The quantitative estimate of drug-likeness (QED) is 0.804. The van der Waals surface area contributed by atoms with Gasteiger partial charge in [-0.15, -0.1) is 0 Å². The molecule has 0 spiro atoms. The fourth-order valence-electron chi connectivity index (χ4n) is 5.21. The van der Waals surface area contributed by atoms with Crippen LogP contribution in [0.1, 0.15) is 31.2 Å². The molecular weight excluding hydrogens is 360 g/mol. The van der Waals surface area contributed by atoms with E-state index in [0.29, 0.717) is 6.04 Å². The van der Waals surface area contributed by atoms with Gasteiger partial charge in [-0.1, -0.05) is 36.4 Å². The molecule has 2 saturated heterocycles. The maximum Gasteiger partial charge on any atom is 0.120 e.